The van der Waals surface area contributed by atoms with Gasteiger partial charge < -0.3 is 5.11 Å². The Morgan fingerprint density at radius 1 is 1.10 bits per heavy atom. The number of carbonyl (C=O) groups excluding carboxylic acids is 1. The van der Waals surface area contributed by atoms with Crippen LogP contribution in [0.2, 0.25) is 0 Å². The Kier molecular flexibility index (Phi) is 5.17. The van der Waals surface area contributed by atoms with Crippen LogP contribution in [0.3, 0.4) is 0 Å². The van der Waals surface area contributed by atoms with E-state index in [1.807, 2.05) is 36.4 Å². The lowest BCUT2D eigenvalue weighted by molar-refractivity contribution is -0.136. The molecule has 0 radical (unpaired) electrons. The van der Waals surface area contributed by atoms with E-state index >= 15 is 0 Å². The average Bonchev–Trinajstić information content (AvgIpc) is 2.48. The molecule has 108 valence electrons. The molecule has 0 unspecified atom stereocenters. The van der Waals surface area contributed by atoms with Crippen LogP contribution in [0, 0.1) is 0 Å². The van der Waals surface area contributed by atoms with Gasteiger partial charge in [-0.25, -0.2) is 0 Å². The van der Waals surface area contributed by atoms with Gasteiger partial charge in [-0.1, -0.05) is 43.0 Å². The monoisotopic (exact) mass is 300 g/mol. The van der Waals surface area contributed by atoms with Gasteiger partial charge in [-0.15, -0.1) is 0 Å². The van der Waals surface area contributed by atoms with E-state index in [0.29, 0.717) is 17.5 Å². The van der Waals surface area contributed by atoms with Crippen LogP contribution in [0.15, 0.2) is 58.3 Å². The van der Waals surface area contributed by atoms with Gasteiger partial charge in [0.15, 0.2) is 5.78 Å². The molecule has 2 aromatic rings. The molecule has 0 spiro atoms. The molecule has 4 heteroatoms. The molecular weight excluding hydrogens is 284 g/mol. The summed E-state index contributed by atoms with van der Waals surface area (Å²) in [4.78, 5) is 24.7. The lowest BCUT2D eigenvalue weighted by Crippen LogP contribution is -2.04. The zero-order valence-corrected chi connectivity index (χ0v) is 12.5. The Morgan fingerprint density at radius 2 is 1.81 bits per heavy atom. The summed E-state index contributed by atoms with van der Waals surface area (Å²) in [6.45, 7) is 1.80. The van der Waals surface area contributed by atoms with Gasteiger partial charge in [-0.2, -0.15) is 0 Å². The Morgan fingerprint density at radius 3 is 2.43 bits per heavy atom. The molecule has 0 saturated carbocycles. The van der Waals surface area contributed by atoms with Crippen LogP contribution < -0.4 is 0 Å². The van der Waals surface area contributed by atoms with Gasteiger partial charge in [0.05, 0.1) is 6.42 Å². The van der Waals surface area contributed by atoms with Gasteiger partial charge in [0.25, 0.3) is 0 Å². The van der Waals surface area contributed by atoms with Crippen molar-refractivity contribution in [3.05, 3.63) is 59.7 Å². The molecule has 0 atom stereocenters. The van der Waals surface area contributed by atoms with E-state index in [2.05, 4.69) is 0 Å². The number of hydrogen-bond donors (Lipinski definition) is 1. The van der Waals surface area contributed by atoms with E-state index in [0.717, 1.165) is 9.79 Å². The van der Waals surface area contributed by atoms with Gasteiger partial charge in [0.1, 0.15) is 0 Å². The van der Waals surface area contributed by atoms with Gasteiger partial charge in [0.2, 0.25) is 0 Å². The molecule has 2 aromatic carbocycles. The van der Waals surface area contributed by atoms with Crippen LogP contribution >= 0.6 is 11.8 Å². The number of hydrogen-bond acceptors (Lipinski definition) is 3. The second-order valence-electron chi connectivity index (χ2n) is 4.58. The third kappa shape index (κ3) is 4.20. The molecule has 21 heavy (non-hydrogen) atoms. The number of carbonyl (C=O) groups is 2. The molecule has 0 aliphatic rings. The predicted octanol–water partition coefficient (Wildman–Crippen LogP) is 4.06. The number of Topliss-reactive ketones (excluding diaryl/α,β-unsaturated/α-hetero) is 1. The first-order chi connectivity index (χ1) is 10.1. The Labute approximate surface area is 128 Å². The number of carboxylic acid groups (broad SMARTS) is 1. The topological polar surface area (TPSA) is 54.4 Å². The van der Waals surface area contributed by atoms with Crippen molar-refractivity contribution in [3.8, 4) is 0 Å². The quantitative estimate of drug-likeness (QED) is 0.817. The first kappa shape index (κ1) is 15.3. The standard InChI is InChI=1S/C17H16O3S/c1-2-15(18)12-8-9-16(13(10-12)11-17(19)20)21-14-6-4-3-5-7-14/h3-10H,2,11H2,1H3,(H,19,20). The third-order valence-corrected chi connectivity index (χ3v) is 4.14. The minimum atomic E-state index is -0.897. The maximum Gasteiger partial charge on any atom is 0.307 e. The molecule has 3 nitrogen and oxygen atoms in total. The Balaban J connectivity index is 2.35. The van der Waals surface area contributed by atoms with Crippen LogP contribution in [0.5, 0.6) is 0 Å². The molecule has 0 aliphatic carbocycles. The number of aliphatic carboxylic acids is 1. The third-order valence-electron chi connectivity index (χ3n) is 3.02. The van der Waals surface area contributed by atoms with Crippen molar-refractivity contribution in [2.24, 2.45) is 0 Å². The zero-order chi connectivity index (χ0) is 15.2. The molecule has 2 rings (SSSR count). The van der Waals surface area contributed by atoms with Crippen LogP contribution in [0.4, 0.5) is 0 Å². The van der Waals surface area contributed by atoms with E-state index in [9.17, 15) is 9.59 Å². The summed E-state index contributed by atoms with van der Waals surface area (Å²) in [6, 6.07) is 15.1. The molecule has 0 heterocycles. The van der Waals surface area contributed by atoms with Crippen LogP contribution in [-0.4, -0.2) is 16.9 Å². The largest absolute Gasteiger partial charge is 0.481 e. The molecule has 1 N–H and O–H groups in total. The van der Waals surface area contributed by atoms with E-state index < -0.39 is 5.97 Å². The van der Waals surface area contributed by atoms with Gasteiger partial charge >= 0.3 is 5.97 Å². The SMILES string of the molecule is CCC(=O)c1ccc(Sc2ccccc2)c(CC(=O)O)c1. The van der Waals surface area contributed by atoms with E-state index in [1.54, 1.807) is 19.1 Å². The first-order valence-electron chi connectivity index (χ1n) is 6.71. The summed E-state index contributed by atoms with van der Waals surface area (Å²) in [5.74, 6) is -0.871. The predicted molar refractivity (Wildman–Crippen MR) is 83.0 cm³/mol. The molecule has 0 fully saturated rings. The van der Waals surface area contributed by atoms with Crippen LogP contribution in [0.1, 0.15) is 29.3 Å². The van der Waals surface area contributed by atoms with Crippen LogP contribution in [-0.2, 0) is 11.2 Å². The molecule has 0 aliphatic heterocycles. The summed E-state index contributed by atoms with van der Waals surface area (Å²) in [5, 5.41) is 9.05. The zero-order valence-electron chi connectivity index (χ0n) is 11.7. The second-order valence-corrected chi connectivity index (χ2v) is 5.70. The smallest absolute Gasteiger partial charge is 0.307 e. The molecule has 0 saturated heterocycles. The summed E-state index contributed by atoms with van der Waals surface area (Å²) < 4.78 is 0. The summed E-state index contributed by atoms with van der Waals surface area (Å²) in [7, 11) is 0. The maximum atomic E-state index is 11.8. The van der Waals surface area contributed by atoms with Crippen molar-refractivity contribution in [1.29, 1.82) is 0 Å². The van der Waals surface area contributed by atoms with Crippen molar-refractivity contribution >= 4 is 23.5 Å². The highest BCUT2D eigenvalue weighted by atomic mass is 32.2. The van der Waals surface area contributed by atoms with Gasteiger partial charge in [0, 0.05) is 21.8 Å². The molecular formula is C17H16O3S. The number of rotatable bonds is 6. The molecule has 0 amide bonds. The van der Waals surface area contributed by atoms with Crippen molar-refractivity contribution in [2.75, 3.05) is 0 Å². The highest BCUT2D eigenvalue weighted by Gasteiger charge is 2.12. The first-order valence-corrected chi connectivity index (χ1v) is 7.52. The summed E-state index contributed by atoms with van der Waals surface area (Å²) >= 11 is 1.51. The fourth-order valence-electron chi connectivity index (χ4n) is 1.97. The normalized spacial score (nSPS) is 10.3. The van der Waals surface area contributed by atoms with Crippen molar-refractivity contribution in [1.82, 2.24) is 0 Å². The summed E-state index contributed by atoms with van der Waals surface area (Å²) in [6.07, 6.45) is 0.331. The minimum Gasteiger partial charge on any atom is -0.481 e. The molecule has 0 bridgehead atoms. The Hall–Kier alpha value is -2.07. The fraction of sp³-hybridized carbons (Fsp3) is 0.176. The van der Waals surface area contributed by atoms with Crippen molar-refractivity contribution < 1.29 is 14.7 Å². The van der Waals surface area contributed by atoms with Crippen molar-refractivity contribution in [3.63, 3.8) is 0 Å². The maximum absolute atomic E-state index is 11.8. The Bertz CT molecular complexity index is 650. The van der Waals surface area contributed by atoms with E-state index in [1.165, 1.54) is 11.8 Å². The lowest BCUT2D eigenvalue weighted by Gasteiger charge is -2.09. The minimum absolute atomic E-state index is 0.0258. The van der Waals surface area contributed by atoms with E-state index in [-0.39, 0.29) is 12.2 Å². The highest BCUT2D eigenvalue weighted by molar-refractivity contribution is 7.99. The average molecular weight is 300 g/mol. The highest BCUT2D eigenvalue weighted by Crippen LogP contribution is 2.31. The van der Waals surface area contributed by atoms with Crippen molar-refractivity contribution in [2.45, 2.75) is 29.6 Å². The second kappa shape index (κ2) is 7.09. The lowest BCUT2D eigenvalue weighted by atomic mass is 10.0. The van der Waals surface area contributed by atoms with Crippen LogP contribution in [0.25, 0.3) is 0 Å². The molecule has 0 aromatic heterocycles. The fourth-order valence-corrected chi connectivity index (χ4v) is 2.92. The number of carboxylic acids is 1. The number of benzene rings is 2. The van der Waals surface area contributed by atoms with Gasteiger partial charge in [-0.3, -0.25) is 9.59 Å². The number of ketones is 1. The van der Waals surface area contributed by atoms with E-state index in [4.69, 9.17) is 5.11 Å². The van der Waals surface area contributed by atoms with Gasteiger partial charge in [-0.05, 0) is 29.8 Å². The summed E-state index contributed by atoms with van der Waals surface area (Å²) in [5.41, 5.74) is 1.25.